The SMILES string of the molecule is CCn1nc(C)c(Br)c1COc1cc(F)ccc1F. The molecule has 3 nitrogen and oxygen atoms in total. The minimum Gasteiger partial charge on any atom is -0.484 e. The first-order valence-corrected chi connectivity index (χ1v) is 6.61. The van der Waals surface area contributed by atoms with Crippen molar-refractivity contribution in [3.8, 4) is 5.75 Å². The van der Waals surface area contributed by atoms with Gasteiger partial charge in [0, 0.05) is 12.6 Å². The first kappa shape index (κ1) is 14.0. The van der Waals surface area contributed by atoms with Crippen LogP contribution in [0.1, 0.15) is 18.3 Å². The van der Waals surface area contributed by atoms with E-state index in [2.05, 4.69) is 21.0 Å². The average Bonchev–Trinajstić information content (AvgIpc) is 2.66. The highest BCUT2D eigenvalue weighted by Crippen LogP contribution is 2.24. The van der Waals surface area contributed by atoms with Crippen LogP contribution in [-0.4, -0.2) is 9.78 Å². The standard InChI is InChI=1S/C13H13BrF2N2O/c1-3-18-11(13(14)8(2)17-18)7-19-12-6-9(15)4-5-10(12)16/h4-6H,3,7H2,1-2H3. The molecule has 19 heavy (non-hydrogen) atoms. The lowest BCUT2D eigenvalue weighted by Crippen LogP contribution is -2.07. The van der Waals surface area contributed by atoms with Crippen LogP contribution in [0, 0.1) is 18.6 Å². The van der Waals surface area contributed by atoms with Crippen molar-refractivity contribution >= 4 is 15.9 Å². The van der Waals surface area contributed by atoms with Crippen molar-refractivity contribution in [1.29, 1.82) is 0 Å². The second-order valence-electron chi connectivity index (χ2n) is 4.03. The monoisotopic (exact) mass is 330 g/mol. The molecule has 0 unspecified atom stereocenters. The normalized spacial score (nSPS) is 10.8. The van der Waals surface area contributed by atoms with Gasteiger partial charge in [0.05, 0.1) is 15.9 Å². The molecule has 102 valence electrons. The Hall–Kier alpha value is -1.43. The van der Waals surface area contributed by atoms with Crippen LogP contribution in [0.2, 0.25) is 0 Å². The summed E-state index contributed by atoms with van der Waals surface area (Å²) >= 11 is 3.42. The van der Waals surface area contributed by atoms with E-state index in [1.54, 1.807) is 4.68 Å². The first-order chi connectivity index (χ1) is 9.02. The minimum atomic E-state index is -0.586. The van der Waals surface area contributed by atoms with Crippen LogP contribution >= 0.6 is 15.9 Å². The van der Waals surface area contributed by atoms with Crippen molar-refractivity contribution in [2.75, 3.05) is 0 Å². The molecule has 0 radical (unpaired) electrons. The van der Waals surface area contributed by atoms with E-state index in [9.17, 15) is 8.78 Å². The molecule has 0 amide bonds. The summed E-state index contributed by atoms with van der Waals surface area (Å²) in [6.07, 6.45) is 0. The van der Waals surface area contributed by atoms with Gasteiger partial charge in [-0.05, 0) is 41.9 Å². The second kappa shape index (κ2) is 5.69. The third kappa shape index (κ3) is 2.94. The van der Waals surface area contributed by atoms with Crippen LogP contribution in [0.15, 0.2) is 22.7 Å². The maximum Gasteiger partial charge on any atom is 0.165 e. The van der Waals surface area contributed by atoms with Gasteiger partial charge in [-0.3, -0.25) is 4.68 Å². The van der Waals surface area contributed by atoms with Crippen LogP contribution in [0.25, 0.3) is 0 Å². The Morgan fingerprint density at radius 3 is 2.79 bits per heavy atom. The van der Waals surface area contributed by atoms with Gasteiger partial charge in [0.25, 0.3) is 0 Å². The zero-order valence-electron chi connectivity index (χ0n) is 10.6. The molecule has 1 heterocycles. The van der Waals surface area contributed by atoms with Crippen LogP contribution in [0.4, 0.5) is 8.78 Å². The van der Waals surface area contributed by atoms with Gasteiger partial charge in [-0.2, -0.15) is 5.10 Å². The number of ether oxygens (including phenoxy) is 1. The average molecular weight is 331 g/mol. The van der Waals surface area contributed by atoms with Crippen LogP contribution in [0.3, 0.4) is 0 Å². The molecular formula is C13H13BrF2N2O. The Morgan fingerprint density at radius 1 is 1.37 bits per heavy atom. The lowest BCUT2D eigenvalue weighted by Gasteiger charge is -2.09. The molecule has 0 atom stereocenters. The highest BCUT2D eigenvalue weighted by atomic mass is 79.9. The molecule has 1 aromatic carbocycles. The molecule has 0 saturated heterocycles. The van der Waals surface area contributed by atoms with E-state index in [1.165, 1.54) is 0 Å². The van der Waals surface area contributed by atoms with E-state index in [4.69, 9.17) is 4.74 Å². The smallest absolute Gasteiger partial charge is 0.165 e. The number of aromatic nitrogens is 2. The third-order valence-corrected chi connectivity index (χ3v) is 3.74. The van der Waals surface area contributed by atoms with Gasteiger partial charge in [0.2, 0.25) is 0 Å². The number of benzene rings is 1. The number of hydrogen-bond acceptors (Lipinski definition) is 2. The fourth-order valence-corrected chi connectivity index (χ4v) is 2.14. The minimum absolute atomic E-state index is 0.103. The summed E-state index contributed by atoms with van der Waals surface area (Å²) in [5, 5.41) is 4.30. The summed E-state index contributed by atoms with van der Waals surface area (Å²) in [4.78, 5) is 0. The van der Waals surface area contributed by atoms with Gasteiger partial charge >= 0.3 is 0 Å². The Morgan fingerprint density at radius 2 is 2.11 bits per heavy atom. The van der Waals surface area contributed by atoms with Gasteiger partial charge in [0.1, 0.15) is 12.4 Å². The van der Waals surface area contributed by atoms with Gasteiger partial charge in [-0.25, -0.2) is 8.78 Å². The molecule has 0 aliphatic rings. The predicted molar refractivity (Wildman–Crippen MR) is 71.0 cm³/mol. The maximum atomic E-state index is 13.4. The lowest BCUT2D eigenvalue weighted by atomic mass is 10.3. The third-order valence-electron chi connectivity index (χ3n) is 2.71. The van der Waals surface area contributed by atoms with Gasteiger partial charge in [0.15, 0.2) is 11.6 Å². The summed E-state index contributed by atoms with van der Waals surface area (Å²) in [6, 6.07) is 3.13. The summed E-state index contributed by atoms with van der Waals surface area (Å²) in [6.45, 7) is 4.61. The zero-order valence-corrected chi connectivity index (χ0v) is 12.2. The fourth-order valence-electron chi connectivity index (χ4n) is 1.74. The van der Waals surface area contributed by atoms with E-state index in [-0.39, 0.29) is 12.4 Å². The molecule has 0 N–H and O–H groups in total. The summed E-state index contributed by atoms with van der Waals surface area (Å²) in [5.74, 6) is -1.22. The number of rotatable bonds is 4. The van der Waals surface area contributed by atoms with Crippen molar-refractivity contribution in [1.82, 2.24) is 9.78 Å². The van der Waals surface area contributed by atoms with Crippen molar-refractivity contribution in [3.63, 3.8) is 0 Å². The molecule has 0 aliphatic carbocycles. The van der Waals surface area contributed by atoms with Gasteiger partial charge in [-0.1, -0.05) is 0 Å². The molecule has 2 rings (SSSR count). The van der Waals surface area contributed by atoms with Crippen LogP contribution < -0.4 is 4.74 Å². The lowest BCUT2D eigenvalue weighted by molar-refractivity contribution is 0.276. The van der Waals surface area contributed by atoms with E-state index >= 15 is 0 Å². The van der Waals surface area contributed by atoms with Crippen molar-refractivity contribution in [2.45, 2.75) is 27.0 Å². The topological polar surface area (TPSA) is 27.1 Å². The van der Waals surface area contributed by atoms with Crippen molar-refractivity contribution in [2.24, 2.45) is 0 Å². The van der Waals surface area contributed by atoms with E-state index in [0.717, 1.165) is 34.1 Å². The number of aryl methyl sites for hydroxylation is 2. The Balaban J connectivity index is 2.21. The fraction of sp³-hybridized carbons (Fsp3) is 0.308. The van der Waals surface area contributed by atoms with E-state index < -0.39 is 11.6 Å². The predicted octanol–water partition coefficient (Wildman–Crippen LogP) is 3.83. The number of nitrogens with zero attached hydrogens (tertiary/aromatic N) is 2. The maximum absolute atomic E-state index is 13.4. The molecule has 0 bridgehead atoms. The molecule has 1 aromatic heterocycles. The Kier molecular flexibility index (Phi) is 4.19. The zero-order chi connectivity index (χ0) is 14.0. The molecule has 0 fully saturated rings. The quantitative estimate of drug-likeness (QED) is 0.851. The molecule has 0 spiro atoms. The molecule has 0 aliphatic heterocycles. The van der Waals surface area contributed by atoms with Gasteiger partial charge < -0.3 is 4.74 Å². The summed E-state index contributed by atoms with van der Waals surface area (Å²) in [5.41, 5.74) is 1.63. The number of hydrogen-bond donors (Lipinski definition) is 0. The Labute approximate surface area is 118 Å². The van der Waals surface area contributed by atoms with Gasteiger partial charge in [-0.15, -0.1) is 0 Å². The first-order valence-electron chi connectivity index (χ1n) is 5.82. The summed E-state index contributed by atoms with van der Waals surface area (Å²) in [7, 11) is 0. The van der Waals surface area contributed by atoms with Crippen molar-refractivity contribution < 1.29 is 13.5 Å². The molecule has 6 heteroatoms. The highest BCUT2D eigenvalue weighted by molar-refractivity contribution is 9.10. The Bertz CT molecular complexity index is 599. The van der Waals surface area contributed by atoms with E-state index in [0.29, 0.717) is 6.54 Å². The molecule has 0 saturated carbocycles. The largest absolute Gasteiger partial charge is 0.484 e. The van der Waals surface area contributed by atoms with E-state index in [1.807, 2.05) is 13.8 Å². The second-order valence-corrected chi connectivity index (χ2v) is 4.82. The summed E-state index contributed by atoms with van der Waals surface area (Å²) < 4.78 is 34.4. The number of halogens is 3. The highest BCUT2D eigenvalue weighted by Gasteiger charge is 2.14. The van der Waals surface area contributed by atoms with Crippen LogP contribution in [0.5, 0.6) is 5.75 Å². The molecule has 2 aromatic rings. The van der Waals surface area contributed by atoms with Crippen LogP contribution in [-0.2, 0) is 13.2 Å². The molecular weight excluding hydrogens is 318 g/mol. The van der Waals surface area contributed by atoms with Crippen molar-refractivity contribution in [3.05, 3.63) is 45.7 Å².